The topological polar surface area (TPSA) is 250 Å². The van der Waals surface area contributed by atoms with Gasteiger partial charge in [0.1, 0.15) is 6.10 Å². The third kappa shape index (κ3) is 13.9. The van der Waals surface area contributed by atoms with Crippen molar-refractivity contribution in [2.45, 2.75) is 71.4 Å². The molecule has 2 heterocycles. The molecular weight excluding hydrogens is 971 g/mol. The summed E-state index contributed by atoms with van der Waals surface area (Å²) in [5, 5.41) is 18.9. The number of carbonyl (C=O) groups is 5. The first kappa shape index (κ1) is 57.0. The number of carbonyl (C=O) groups excluding carboxylic acids is 5. The van der Waals surface area contributed by atoms with Gasteiger partial charge in [0.2, 0.25) is 11.5 Å². The zero-order valence-electron chi connectivity index (χ0n) is 44.3. The van der Waals surface area contributed by atoms with Gasteiger partial charge in [-0.15, -0.1) is 0 Å². The number of Topliss-reactive ketones (excluding diaryl/α,β-unsaturated/α-hetero) is 2. The van der Waals surface area contributed by atoms with Crippen LogP contribution < -0.4 is 34.7 Å². The molecule has 4 N–H and O–H groups in total. The van der Waals surface area contributed by atoms with Gasteiger partial charge in [0, 0.05) is 88.1 Å². The number of aliphatic hydroxyl groups excluding tert-OH is 1. The van der Waals surface area contributed by atoms with Gasteiger partial charge in [-0.2, -0.15) is 0 Å². The molecule has 0 spiro atoms. The van der Waals surface area contributed by atoms with Crippen molar-refractivity contribution in [3.63, 3.8) is 0 Å². The lowest BCUT2D eigenvalue weighted by Gasteiger charge is -2.34. The summed E-state index contributed by atoms with van der Waals surface area (Å²) in [4.78, 5) is 71.2. The summed E-state index contributed by atoms with van der Waals surface area (Å²) in [6.07, 6.45) is 4.39. The molecule has 1 aliphatic heterocycles. The Hall–Kier alpha value is -7.26. The Morgan fingerprint density at radius 3 is 2.19 bits per heavy atom. The fraction of sp³-hybridized carbons (Fsp3) is 0.455. The monoisotopic (exact) mass is 1040 g/mol. The molecule has 2 amide bonds. The number of amides is 2. The lowest BCUT2D eigenvalue weighted by atomic mass is 9.82. The molecule has 6 rings (SSSR count). The van der Waals surface area contributed by atoms with E-state index in [1.165, 1.54) is 48.7 Å². The summed E-state index contributed by atoms with van der Waals surface area (Å²) in [6, 6.07) is 8.66. The number of primary amides is 1. The summed E-state index contributed by atoms with van der Waals surface area (Å²) in [6.45, 7) is 9.50. The van der Waals surface area contributed by atoms with E-state index in [0.29, 0.717) is 102 Å². The van der Waals surface area contributed by atoms with Crippen LogP contribution in [0.15, 0.2) is 99.4 Å². The fourth-order valence-corrected chi connectivity index (χ4v) is 9.43. The molecule has 3 aromatic rings. The number of methoxy groups -OCH3 is 6. The standard InChI is InChI=1S/C55H69N5O15/c1-31-22-38-48(41(62)26-36(50(38)64)25-40(61)32(2)12-11-13-43(68-6)51(74-54(56)65)34(4)24-33(3)49(63)45(23-31)69-7)57-16-17-59-18-20-60(21-19-59)55(66)73-44-27-35(14-15-42(44)67-5)39-30-58-75-52(39)37-28-46(70-8)53(72-10)47(29-37)71-9/h11-15,24,26-31,33,43,45,49,51,57,63H,16-23,25H2,1-10H3,(H2,56,65)/b13-11-,32-12+,34-24+/t31-,33+,43+,45+,49+,51+/m1/s1. The Bertz CT molecular complexity index is 2710. The predicted octanol–water partition coefficient (Wildman–Crippen LogP) is 6.41. The molecule has 2 aromatic carbocycles. The van der Waals surface area contributed by atoms with Gasteiger partial charge in [0.05, 0.1) is 52.5 Å². The highest BCUT2D eigenvalue weighted by molar-refractivity contribution is 6.24. The van der Waals surface area contributed by atoms with Gasteiger partial charge >= 0.3 is 12.2 Å². The number of ether oxygens (including phenoxy) is 8. The largest absolute Gasteiger partial charge is 0.493 e. The lowest BCUT2D eigenvalue weighted by molar-refractivity contribution is -0.118. The first-order valence-corrected chi connectivity index (χ1v) is 24.6. The van der Waals surface area contributed by atoms with Crippen molar-refractivity contribution in [3.8, 4) is 51.2 Å². The van der Waals surface area contributed by atoms with E-state index < -0.39 is 54.1 Å². The highest BCUT2D eigenvalue weighted by atomic mass is 16.6. The minimum atomic E-state index is -1.02. The quantitative estimate of drug-likeness (QED) is 0.117. The number of hydrogen-bond acceptors (Lipinski definition) is 18. The molecule has 404 valence electrons. The Kier molecular flexibility index (Phi) is 20.0. The number of hydrogen-bond donors (Lipinski definition) is 3. The first-order chi connectivity index (χ1) is 35.9. The van der Waals surface area contributed by atoms with E-state index in [4.69, 9.17) is 48.2 Å². The van der Waals surface area contributed by atoms with E-state index >= 15 is 0 Å². The maximum atomic E-state index is 14.3. The van der Waals surface area contributed by atoms with E-state index in [2.05, 4.69) is 15.4 Å². The van der Waals surface area contributed by atoms with Gasteiger partial charge in [-0.1, -0.05) is 49.4 Å². The number of piperazine rings is 1. The van der Waals surface area contributed by atoms with E-state index in [1.807, 2.05) is 6.92 Å². The predicted molar refractivity (Wildman–Crippen MR) is 277 cm³/mol. The maximum Gasteiger partial charge on any atom is 0.415 e. The third-order valence-electron chi connectivity index (χ3n) is 13.6. The minimum Gasteiger partial charge on any atom is -0.493 e. The molecule has 2 bridgehead atoms. The number of rotatable bonds is 14. The molecule has 20 heteroatoms. The smallest absolute Gasteiger partial charge is 0.415 e. The molecule has 0 saturated carbocycles. The van der Waals surface area contributed by atoms with Crippen molar-refractivity contribution in [2.75, 3.05) is 81.9 Å². The molecule has 0 radical (unpaired) electrons. The van der Waals surface area contributed by atoms with Crippen LogP contribution in [-0.4, -0.2) is 156 Å². The molecule has 0 unspecified atom stereocenters. The summed E-state index contributed by atoms with van der Waals surface area (Å²) in [5.41, 5.74) is 8.64. The van der Waals surface area contributed by atoms with Crippen LogP contribution >= 0.6 is 0 Å². The van der Waals surface area contributed by atoms with Crippen LogP contribution in [0.5, 0.6) is 28.7 Å². The summed E-state index contributed by atoms with van der Waals surface area (Å²) in [5.74, 6) is 0.238. The number of benzene rings is 2. The number of nitrogens with one attached hydrogen (secondary N) is 1. The van der Waals surface area contributed by atoms with Crippen LogP contribution in [0.1, 0.15) is 47.0 Å². The number of nitrogens with zero attached hydrogens (tertiary/aromatic N) is 3. The molecule has 1 fully saturated rings. The minimum absolute atomic E-state index is 0.0695. The van der Waals surface area contributed by atoms with Crippen molar-refractivity contribution in [1.82, 2.24) is 20.3 Å². The normalized spacial score (nSPS) is 24.3. The van der Waals surface area contributed by atoms with Crippen LogP contribution in [0.3, 0.4) is 0 Å². The van der Waals surface area contributed by atoms with Gasteiger partial charge in [-0.25, -0.2) is 9.59 Å². The van der Waals surface area contributed by atoms with E-state index in [0.717, 1.165) is 0 Å². The van der Waals surface area contributed by atoms with Crippen LogP contribution in [0.2, 0.25) is 0 Å². The Labute approximate surface area is 437 Å². The fourth-order valence-electron chi connectivity index (χ4n) is 9.43. The molecule has 20 nitrogen and oxygen atoms in total. The molecule has 1 saturated heterocycles. The number of ketones is 3. The van der Waals surface area contributed by atoms with Crippen molar-refractivity contribution in [2.24, 2.45) is 17.6 Å². The summed E-state index contributed by atoms with van der Waals surface area (Å²) >= 11 is 0. The molecule has 3 aliphatic rings. The van der Waals surface area contributed by atoms with Crippen LogP contribution in [0.25, 0.3) is 22.5 Å². The molecule has 1 aromatic heterocycles. The molecule has 6 atom stereocenters. The zero-order valence-corrected chi connectivity index (χ0v) is 44.3. The number of allylic oxidation sites excluding steroid dienone is 6. The van der Waals surface area contributed by atoms with E-state index in [-0.39, 0.29) is 47.1 Å². The Balaban J connectivity index is 1.14. The second-order valence-electron chi connectivity index (χ2n) is 18.7. The van der Waals surface area contributed by atoms with Gasteiger partial charge in [0.25, 0.3) is 0 Å². The second kappa shape index (κ2) is 26.3. The van der Waals surface area contributed by atoms with Gasteiger partial charge in [-0.3, -0.25) is 19.3 Å². The number of fused-ring (bicyclic) bond motifs is 2. The second-order valence-corrected chi connectivity index (χ2v) is 18.7. The molecule has 2 aliphatic carbocycles. The number of nitrogens with two attached hydrogens (primary N) is 1. The summed E-state index contributed by atoms with van der Waals surface area (Å²) < 4.78 is 50.7. The lowest BCUT2D eigenvalue weighted by Crippen LogP contribution is -2.50. The van der Waals surface area contributed by atoms with E-state index in [1.54, 1.807) is 86.5 Å². The highest BCUT2D eigenvalue weighted by Gasteiger charge is 2.34. The van der Waals surface area contributed by atoms with Crippen molar-refractivity contribution >= 4 is 29.5 Å². The van der Waals surface area contributed by atoms with Crippen molar-refractivity contribution in [1.29, 1.82) is 0 Å². The third-order valence-corrected chi connectivity index (χ3v) is 13.6. The zero-order chi connectivity index (χ0) is 54.5. The summed E-state index contributed by atoms with van der Waals surface area (Å²) in [7, 11) is 8.97. The van der Waals surface area contributed by atoms with Gasteiger partial charge in [0.15, 0.2) is 46.4 Å². The SMILES string of the molecule is COc1ccc(-c2cnoc2-c2cc(OC)c(OC)c(OC)c2)cc1OC(=O)N1CCN(CCNC2=C3C[C@@H](C)C[C@H](OC)[C@@H](O)[C@@H](C)/C=C(\C)[C@H](OC(N)=O)[C@@H](OC)/C=C\C=C(/C)C(=O)CC(=CC2=O)C3=O)CC1. The highest BCUT2D eigenvalue weighted by Crippen LogP contribution is 2.44. The first-order valence-electron chi connectivity index (χ1n) is 24.6. The number of aliphatic hydroxyl groups is 1. The van der Waals surface area contributed by atoms with Crippen molar-refractivity contribution < 1.29 is 71.5 Å². The van der Waals surface area contributed by atoms with Crippen LogP contribution in [0.4, 0.5) is 9.59 Å². The maximum absolute atomic E-state index is 14.3. The van der Waals surface area contributed by atoms with Gasteiger partial charge < -0.3 is 63.5 Å². The Morgan fingerprint density at radius 1 is 0.880 bits per heavy atom. The molecular formula is C55H69N5O15. The average Bonchev–Trinajstić information content (AvgIpc) is 3.90. The van der Waals surface area contributed by atoms with Gasteiger partial charge in [-0.05, 0) is 79.7 Å². The van der Waals surface area contributed by atoms with Crippen LogP contribution in [-0.2, 0) is 28.6 Å². The number of aromatic nitrogens is 1. The Morgan fingerprint density at radius 2 is 1.56 bits per heavy atom. The van der Waals surface area contributed by atoms with Crippen molar-refractivity contribution in [3.05, 3.63) is 94.9 Å². The average molecular weight is 1040 g/mol. The van der Waals surface area contributed by atoms with Crippen LogP contribution in [0, 0.1) is 11.8 Å². The molecule has 75 heavy (non-hydrogen) atoms. The van der Waals surface area contributed by atoms with E-state index in [9.17, 15) is 29.1 Å².